The molecule has 1 amide bonds. The van der Waals surface area contributed by atoms with Crippen LogP contribution in [0.25, 0.3) is 11.0 Å². The summed E-state index contributed by atoms with van der Waals surface area (Å²) in [5.74, 6) is 1.21. The Kier molecular flexibility index (Phi) is 6.66. The van der Waals surface area contributed by atoms with Gasteiger partial charge in [-0.3, -0.25) is 14.5 Å². The molecule has 0 saturated carbocycles. The van der Waals surface area contributed by atoms with Crippen LogP contribution >= 0.6 is 11.6 Å². The molecular weight excluding hydrogens is 530 g/mol. The summed E-state index contributed by atoms with van der Waals surface area (Å²) in [4.78, 5) is 29.3. The van der Waals surface area contributed by atoms with E-state index in [1.807, 2.05) is 36.4 Å². The molecule has 1 aliphatic heterocycles. The molecule has 7 nitrogen and oxygen atoms in total. The molecule has 40 heavy (non-hydrogen) atoms. The number of hydrogen-bond acceptors (Lipinski definition) is 6. The number of fused-ring (bicyclic) bond motifs is 2. The van der Waals surface area contributed by atoms with Crippen LogP contribution in [0, 0.1) is 0 Å². The zero-order chi connectivity index (χ0) is 27.8. The average Bonchev–Trinajstić information content (AvgIpc) is 3.29. The number of carbonyl (C=O) groups is 1. The molecule has 1 aromatic heterocycles. The van der Waals surface area contributed by atoms with E-state index in [-0.39, 0.29) is 16.8 Å². The Labute approximate surface area is 235 Å². The van der Waals surface area contributed by atoms with E-state index in [1.54, 1.807) is 73.7 Å². The largest absolute Gasteiger partial charge is 0.497 e. The molecular formula is C32H24ClNO6. The summed E-state index contributed by atoms with van der Waals surface area (Å²) in [5.41, 5.74) is 2.44. The van der Waals surface area contributed by atoms with E-state index in [2.05, 4.69) is 0 Å². The molecule has 200 valence electrons. The quantitative estimate of drug-likeness (QED) is 0.221. The number of carbonyl (C=O) groups excluding carboxylic acids is 1. The Bertz CT molecular complexity index is 1780. The molecule has 5 aromatic rings. The maximum Gasteiger partial charge on any atom is 0.295 e. The molecule has 1 aliphatic rings. The third kappa shape index (κ3) is 4.44. The van der Waals surface area contributed by atoms with Crippen LogP contribution in [-0.4, -0.2) is 20.1 Å². The second-order valence-corrected chi connectivity index (χ2v) is 9.71. The van der Waals surface area contributed by atoms with Crippen molar-refractivity contribution >= 4 is 34.2 Å². The van der Waals surface area contributed by atoms with E-state index >= 15 is 0 Å². The minimum Gasteiger partial charge on any atom is -0.497 e. The number of benzene rings is 4. The monoisotopic (exact) mass is 553 g/mol. The number of halogens is 1. The van der Waals surface area contributed by atoms with Crippen LogP contribution in [0.15, 0.2) is 100 Å². The molecule has 1 atom stereocenters. The number of anilines is 1. The fraction of sp³-hybridized carbons (Fsp3) is 0.125. The maximum atomic E-state index is 13.9. The number of amides is 1. The lowest BCUT2D eigenvalue weighted by atomic mass is 9.97. The molecule has 6 rings (SSSR count). The van der Waals surface area contributed by atoms with Crippen molar-refractivity contribution in [2.24, 2.45) is 0 Å². The molecule has 0 spiro atoms. The molecule has 0 radical (unpaired) electrons. The van der Waals surface area contributed by atoms with E-state index in [1.165, 1.54) is 0 Å². The third-order valence-electron chi connectivity index (χ3n) is 6.92. The smallest absolute Gasteiger partial charge is 0.295 e. The van der Waals surface area contributed by atoms with Crippen molar-refractivity contribution in [1.29, 1.82) is 0 Å². The van der Waals surface area contributed by atoms with Crippen LogP contribution in [0.2, 0.25) is 5.02 Å². The van der Waals surface area contributed by atoms with Crippen molar-refractivity contribution in [3.8, 4) is 17.2 Å². The molecule has 0 fully saturated rings. The van der Waals surface area contributed by atoms with Gasteiger partial charge < -0.3 is 18.6 Å². The van der Waals surface area contributed by atoms with Crippen molar-refractivity contribution < 1.29 is 23.4 Å². The predicted octanol–water partition coefficient (Wildman–Crippen LogP) is 6.79. The topological polar surface area (TPSA) is 78.2 Å². The number of rotatable bonds is 7. The Morgan fingerprint density at radius 2 is 1.62 bits per heavy atom. The van der Waals surface area contributed by atoms with Crippen molar-refractivity contribution in [2.75, 3.05) is 19.1 Å². The summed E-state index contributed by atoms with van der Waals surface area (Å²) >= 11 is 6.21. The summed E-state index contributed by atoms with van der Waals surface area (Å²) in [7, 11) is 3.12. The summed E-state index contributed by atoms with van der Waals surface area (Å²) in [6.07, 6.45) is 0. The van der Waals surface area contributed by atoms with Gasteiger partial charge in [0.15, 0.2) is 16.9 Å². The molecule has 1 unspecified atom stereocenters. The van der Waals surface area contributed by atoms with Gasteiger partial charge in [0, 0.05) is 10.7 Å². The van der Waals surface area contributed by atoms with Crippen molar-refractivity contribution in [3.05, 3.63) is 129 Å². The second kappa shape index (κ2) is 10.4. The van der Waals surface area contributed by atoms with Gasteiger partial charge in [-0.1, -0.05) is 48.0 Å². The SMILES string of the molecule is COc1ccc(N2C(=O)c3oc4ccc(Cl)cc4c(=O)c3C2c2ccc(OCc3ccccc3)c(OC)c2)cc1. The first-order chi connectivity index (χ1) is 19.5. The number of ether oxygens (including phenoxy) is 3. The van der Waals surface area contributed by atoms with E-state index in [0.29, 0.717) is 51.1 Å². The minimum absolute atomic E-state index is 0.0102. The van der Waals surface area contributed by atoms with Gasteiger partial charge >= 0.3 is 0 Å². The lowest BCUT2D eigenvalue weighted by Crippen LogP contribution is -2.29. The van der Waals surface area contributed by atoms with Crippen LogP contribution in [0.4, 0.5) is 5.69 Å². The highest BCUT2D eigenvalue weighted by atomic mass is 35.5. The lowest BCUT2D eigenvalue weighted by Gasteiger charge is -2.26. The second-order valence-electron chi connectivity index (χ2n) is 9.27. The molecule has 0 saturated heterocycles. The number of methoxy groups -OCH3 is 2. The summed E-state index contributed by atoms with van der Waals surface area (Å²) in [5, 5.41) is 0.699. The zero-order valence-corrected chi connectivity index (χ0v) is 22.5. The summed E-state index contributed by atoms with van der Waals surface area (Å²) < 4.78 is 23.0. The lowest BCUT2D eigenvalue weighted by molar-refractivity contribution is 0.0971. The predicted molar refractivity (Wildman–Crippen MR) is 153 cm³/mol. The Morgan fingerprint density at radius 1 is 0.850 bits per heavy atom. The van der Waals surface area contributed by atoms with Gasteiger partial charge in [0.1, 0.15) is 17.9 Å². The van der Waals surface area contributed by atoms with Gasteiger partial charge in [-0.15, -0.1) is 0 Å². The Balaban J connectivity index is 1.49. The van der Waals surface area contributed by atoms with Gasteiger partial charge in [-0.05, 0) is 65.7 Å². The molecule has 0 aliphatic carbocycles. The maximum absolute atomic E-state index is 13.9. The van der Waals surface area contributed by atoms with Gasteiger partial charge in [-0.25, -0.2) is 0 Å². The van der Waals surface area contributed by atoms with Gasteiger partial charge in [0.2, 0.25) is 5.76 Å². The number of hydrogen-bond donors (Lipinski definition) is 0. The molecule has 8 heteroatoms. The highest BCUT2D eigenvalue weighted by molar-refractivity contribution is 6.31. The molecule has 4 aromatic carbocycles. The minimum atomic E-state index is -0.785. The highest BCUT2D eigenvalue weighted by Gasteiger charge is 2.44. The van der Waals surface area contributed by atoms with Crippen molar-refractivity contribution in [3.63, 3.8) is 0 Å². The van der Waals surface area contributed by atoms with E-state index in [0.717, 1.165) is 5.56 Å². The van der Waals surface area contributed by atoms with Crippen molar-refractivity contribution in [2.45, 2.75) is 12.6 Å². The van der Waals surface area contributed by atoms with Gasteiger partial charge in [-0.2, -0.15) is 0 Å². The average molecular weight is 554 g/mol. The highest BCUT2D eigenvalue weighted by Crippen LogP contribution is 2.43. The summed E-state index contributed by atoms with van der Waals surface area (Å²) in [6, 6.07) is 26.2. The van der Waals surface area contributed by atoms with Crippen molar-refractivity contribution in [1.82, 2.24) is 0 Å². The van der Waals surface area contributed by atoms with Crippen LogP contribution < -0.4 is 24.5 Å². The normalized spacial score (nSPS) is 14.3. The molecule has 2 heterocycles. The molecule has 0 N–H and O–H groups in total. The van der Waals surface area contributed by atoms with Crippen LogP contribution in [0.5, 0.6) is 17.2 Å². The zero-order valence-electron chi connectivity index (χ0n) is 21.7. The first-order valence-corrected chi connectivity index (χ1v) is 12.9. The fourth-order valence-corrected chi connectivity index (χ4v) is 5.15. The van der Waals surface area contributed by atoms with E-state index in [9.17, 15) is 9.59 Å². The van der Waals surface area contributed by atoms with Crippen LogP contribution in [-0.2, 0) is 6.61 Å². The molecule has 0 bridgehead atoms. The Hall–Kier alpha value is -4.75. The van der Waals surface area contributed by atoms with Crippen LogP contribution in [0.3, 0.4) is 0 Å². The third-order valence-corrected chi connectivity index (χ3v) is 7.16. The summed E-state index contributed by atoms with van der Waals surface area (Å²) in [6.45, 7) is 0.357. The standard InChI is InChI=1S/C32H24ClNO6/c1-37-23-12-10-22(11-13-23)34-29(28-30(35)24-17-21(33)9-15-25(24)40-31(28)32(34)36)20-8-14-26(27(16-20)38-2)39-18-19-6-4-3-5-7-19/h3-17,29H,18H2,1-2H3. The van der Waals surface area contributed by atoms with E-state index in [4.69, 9.17) is 30.2 Å². The fourth-order valence-electron chi connectivity index (χ4n) is 4.98. The van der Waals surface area contributed by atoms with Crippen LogP contribution in [0.1, 0.15) is 33.3 Å². The Morgan fingerprint density at radius 3 is 2.35 bits per heavy atom. The first-order valence-electron chi connectivity index (χ1n) is 12.6. The van der Waals surface area contributed by atoms with E-state index < -0.39 is 11.9 Å². The van der Waals surface area contributed by atoms with Gasteiger partial charge in [0.25, 0.3) is 5.91 Å². The number of nitrogens with zero attached hydrogens (tertiary/aromatic N) is 1. The van der Waals surface area contributed by atoms with Gasteiger partial charge in [0.05, 0.1) is 31.2 Å². The first kappa shape index (κ1) is 25.5.